The molecule has 0 amide bonds. The van der Waals surface area contributed by atoms with Gasteiger partial charge in [-0.15, -0.1) is 11.3 Å². The first-order chi connectivity index (χ1) is 8.51. The number of Topliss-reactive ketones (excluding diaryl/α,β-unsaturated/α-hetero) is 1. The monoisotopic (exact) mass is 266 g/mol. The van der Waals surface area contributed by atoms with Crippen molar-refractivity contribution in [1.29, 1.82) is 5.26 Å². The summed E-state index contributed by atoms with van der Waals surface area (Å²) in [6, 6.07) is 3.65. The molecule has 18 heavy (non-hydrogen) atoms. The van der Waals surface area contributed by atoms with Crippen molar-refractivity contribution in [1.82, 2.24) is 4.90 Å². The molecular weight excluding hydrogens is 252 g/mol. The number of nitrogens with zero attached hydrogens (tertiary/aromatic N) is 2. The molecule has 2 heterocycles. The first kappa shape index (κ1) is 13.2. The van der Waals surface area contributed by atoms with Gasteiger partial charge in [0.25, 0.3) is 0 Å². The number of aliphatic hydroxyl groups excluding tert-OH is 2. The number of thiophene rings is 1. The van der Waals surface area contributed by atoms with E-state index in [1.807, 2.05) is 13.0 Å². The standard InChI is InChI=1S/C12H14N2O3S/c1-7-8(3-13)2-12(18-7)11(17)6-14-4-9(15)10(16)5-14/h2,9-10,15-16H,4-6H2,1H3. The molecule has 0 radical (unpaired) electrons. The zero-order chi connectivity index (χ0) is 13.3. The minimum atomic E-state index is -0.780. The van der Waals surface area contributed by atoms with E-state index < -0.39 is 12.2 Å². The minimum absolute atomic E-state index is 0.0779. The summed E-state index contributed by atoms with van der Waals surface area (Å²) in [5.74, 6) is -0.0779. The lowest BCUT2D eigenvalue weighted by Crippen LogP contribution is -2.28. The topological polar surface area (TPSA) is 84.6 Å². The Morgan fingerprint density at radius 2 is 2.17 bits per heavy atom. The van der Waals surface area contributed by atoms with Crippen molar-refractivity contribution in [2.24, 2.45) is 0 Å². The Labute approximate surface area is 109 Å². The molecule has 2 unspecified atom stereocenters. The molecule has 2 N–H and O–H groups in total. The van der Waals surface area contributed by atoms with Gasteiger partial charge in [0.15, 0.2) is 5.78 Å². The number of carbonyl (C=O) groups is 1. The predicted octanol–water partition coefficient (Wildman–Crippen LogP) is 0.148. The van der Waals surface area contributed by atoms with E-state index in [9.17, 15) is 15.0 Å². The lowest BCUT2D eigenvalue weighted by Gasteiger charge is -2.12. The normalized spacial score (nSPS) is 24.1. The predicted molar refractivity (Wildman–Crippen MR) is 66.6 cm³/mol. The van der Waals surface area contributed by atoms with Crippen molar-refractivity contribution in [2.45, 2.75) is 19.1 Å². The number of aliphatic hydroxyl groups is 2. The van der Waals surface area contributed by atoms with Gasteiger partial charge in [0.1, 0.15) is 6.07 Å². The molecule has 0 spiro atoms. The summed E-state index contributed by atoms with van der Waals surface area (Å²) >= 11 is 1.31. The molecule has 96 valence electrons. The number of likely N-dealkylation sites (tertiary alicyclic amines) is 1. The van der Waals surface area contributed by atoms with Crippen molar-refractivity contribution >= 4 is 17.1 Å². The van der Waals surface area contributed by atoms with E-state index in [-0.39, 0.29) is 12.3 Å². The van der Waals surface area contributed by atoms with E-state index in [0.717, 1.165) is 4.88 Å². The van der Waals surface area contributed by atoms with E-state index in [1.165, 1.54) is 11.3 Å². The zero-order valence-corrected chi connectivity index (χ0v) is 10.8. The highest BCUT2D eigenvalue weighted by atomic mass is 32.1. The van der Waals surface area contributed by atoms with E-state index in [1.54, 1.807) is 11.0 Å². The molecule has 0 aliphatic carbocycles. The van der Waals surface area contributed by atoms with Crippen LogP contribution in [0.3, 0.4) is 0 Å². The SMILES string of the molecule is Cc1sc(C(=O)CN2CC(O)C(O)C2)cc1C#N. The van der Waals surface area contributed by atoms with Crippen LogP contribution in [0.15, 0.2) is 6.07 Å². The van der Waals surface area contributed by atoms with Gasteiger partial charge in [-0.25, -0.2) is 0 Å². The van der Waals surface area contributed by atoms with Crippen LogP contribution in [0.25, 0.3) is 0 Å². The first-order valence-electron chi connectivity index (χ1n) is 5.63. The summed E-state index contributed by atoms with van der Waals surface area (Å²) in [6.07, 6.45) is -1.56. The smallest absolute Gasteiger partial charge is 0.186 e. The van der Waals surface area contributed by atoms with Gasteiger partial charge in [0.05, 0.1) is 29.2 Å². The van der Waals surface area contributed by atoms with E-state index in [4.69, 9.17) is 5.26 Å². The van der Waals surface area contributed by atoms with Crippen LogP contribution in [0.4, 0.5) is 0 Å². The van der Waals surface area contributed by atoms with Crippen LogP contribution in [-0.4, -0.2) is 52.7 Å². The van der Waals surface area contributed by atoms with E-state index in [0.29, 0.717) is 23.5 Å². The Hall–Kier alpha value is -1.26. The molecule has 5 nitrogen and oxygen atoms in total. The van der Waals surface area contributed by atoms with Gasteiger partial charge >= 0.3 is 0 Å². The molecule has 0 saturated carbocycles. The fourth-order valence-electron chi connectivity index (χ4n) is 1.99. The number of hydrogen-bond donors (Lipinski definition) is 2. The summed E-state index contributed by atoms with van der Waals surface area (Å²) in [4.78, 5) is 15.1. The Kier molecular flexibility index (Phi) is 3.78. The lowest BCUT2D eigenvalue weighted by molar-refractivity contribution is 0.0572. The second-order valence-corrected chi connectivity index (χ2v) is 5.70. The maximum atomic E-state index is 12.0. The van der Waals surface area contributed by atoms with Crippen LogP contribution in [-0.2, 0) is 0 Å². The van der Waals surface area contributed by atoms with Gasteiger partial charge in [0.2, 0.25) is 0 Å². The molecule has 1 saturated heterocycles. The average molecular weight is 266 g/mol. The molecule has 2 atom stereocenters. The minimum Gasteiger partial charge on any atom is -0.389 e. The molecule has 1 aromatic heterocycles. The number of ketones is 1. The van der Waals surface area contributed by atoms with Gasteiger partial charge in [-0.1, -0.05) is 0 Å². The van der Waals surface area contributed by atoms with Gasteiger partial charge in [0, 0.05) is 18.0 Å². The maximum Gasteiger partial charge on any atom is 0.186 e. The second kappa shape index (κ2) is 5.16. The Bertz CT molecular complexity index is 496. The summed E-state index contributed by atoms with van der Waals surface area (Å²) in [5, 5.41) is 27.6. The first-order valence-corrected chi connectivity index (χ1v) is 6.45. The van der Waals surface area contributed by atoms with Gasteiger partial charge in [-0.2, -0.15) is 5.26 Å². The lowest BCUT2D eigenvalue weighted by atomic mass is 10.2. The number of carbonyl (C=O) groups excluding carboxylic acids is 1. The Balaban J connectivity index is 2.02. The Morgan fingerprint density at radius 1 is 1.56 bits per heavy atom. The third-order valence-corrected chi connectivity index (χ3v) is 4.11. The summed E-state index contributed by atoms with van der Waals surface area (Å²) in [7, 11) is 0. The summed E-state index contributed by atoms with van der Waals surface area (Å²) in [6.45, 7) is 2.59. The van der Waals surface area contributed by atoms with E-state index in [2.05, 4.69) is 0 Å². The van der Waals surface area contributed by atoms with Crippen molar-refractivity contribution in [2.75, 3.05) is 19.6 Å². The quantitative estimate of drug-likeness (QED) is 0.761. The number of hydrogen-bond acceptors (Lipinski definition) is 6. The fraction of sp³-hybridized carbons (Fsp3) is 0.500. The molecular formula is C12H14N2O3S. The zero-order valence-electron chi connectivity index (χ0n) is 9.96. The Morgan fingerprint density at radius 3 is 2.67 bits per heavy atom. The second-order valence-electron chi connectivity index (χ2n) is 4.44. The van der Waals surface area contributed by atoms with Crippen molar-refractivity contribution in [3.8, 4) is 6.07 Å². The summed E-state index contributed by atoms with van der Waals surface area (Å²) in [5.41, 5.74) is 0.532. The van der Waals surface area contributed by atoms with Crippen molar-refractivity contribution in [3.05, 3.63) is 21.4 Å². The highest BCUT2D eigenvalue weighted by Gasteiger charge is 2.30. The molecule has 0 aromatic carbocycles. The van der Waals surface area contributed by atoms with Crippen LogP contribution < -0.4 is 0 Å². The molecule has 2 rings (SSSR count). The molecule has 6 heteroatoms. The third kappa shape index (κ3) is 2.60. The fourth-order valence-corrected chi connectivity index (χ4v) is 2.89. The molecule has 0 bridgehead atoms. The molecule has 1 aromatic rings. The van der Waals surface area contributed by atoms with Crippen LogP contribution in [0.2, 0.25) is 0 Å². The average Bonchev–Trinajstić information content (AvgIpc) is 2.83. The van der Waals surface area contributed by atoms with Crippen molar-refractivity contribution < 1.29 is 15.0 Å². The number of β-amino-alcohol motifs (C(OH)–C–C–N with tert-alkyl or cyclic N) is 2. The molecule has 1 aliphatic rings. The van der Waals surface area contributed by atoms with E-state index >= 15 is 0 Å². The molecule has 1 fully saturated rings. The highest BCUT2D eigenvalue weighted by Crippen LogP contribution is 2.22. The van der Waals surface area contributed by atoms with Crippen LogP contribution in [0.1, 0.15) is 20.1 Å². The van der Waals surface area contributed by atoms with Gasteiger partial charge in [-0.05, 0) is 13.0 Å². The largest absolute Gasteiger partial charge is 0.389 e. The van der Waals surface area contributed by atoms with Gasteiger partial charge in [-0.3, -0.25) is 9.69 Å². The third-order valence-electron chi connectivity index (χ3n) is 3.01. The number of aryl methyl sites for hydroxylation is 1. The number of nitriles is 1. The van der Waals surface area contributed by atoms with Crippen LogP contribution in [0.5, 0.6) is 0 Å². The maximum absolute atomic E-state index is 12.0. The van der Waals surface area contributed by atoms with Crippen molar-refractivity contribution in [3.63, 3.8) is 0 Å². The summed E-state index contributed by atoms with van der Waals surface area (Å²) < 4.78 is 0. The van der Waals surface area contributed by atoms with Crippen LogP contribution in [0, 0.1) is 18.3 Å². The molecule has 1 aliphatic heterocycles. The number of rotatable bonds is 3. The van der Waals surface area contributed by atoms with Crippen LogP contribution >= 0.6 is 11.3 Å². The highest BCUT2D eigenvalue weighted by molar-refractivity contribution is 7.14. The van der Waals surface area contributed by atoms with Gasteiger partial charge < -0.3 is 10.2 Å².